The van der Waals surface area contributed by atoms with Gasteiger partial charge >= 0.3 is 5.97 Å². The molecule has 0 aromatic carbocycles. The summed E-state index contributed by atoms with van der Waals surface area (Å²) in [5.41, 5.74) is -1.48. The molecule has 0 aromatic rings. The third kappa shape index (κ3) is 7.92. The molecule has 3 heterocycles. The highest BCUT2D eigenvalue weighted by Gasteiger charge is 2.72. The van der Waals surface area contributed by atoms with Crippen molar-refractivity contribution < 1.29 is 94.5 Å². The Labute approximate surface area is 392 Å². The average Bonchev–Trinajstić information content (AvgIpc) is 3.29. The molecule has 3 aliphatic heterocycles. The fraction of sp³-hybridized carbons (Fsp3) is 0.938. The zero-order chi connectivity index (χ0) is 49.1. The summed E-state index contributed by atoms with van der Waals surface area (Å²) in [4.78, 5) is 15.0. The molecular formula is C48H78O19. The van der Waals surface area contributed by atoms with Crippen molar-refractivity contribution in [2.24, 2.45) is 56.7 Å². The van der Waals surface area contributed by atoms with Crippen LogP contribution in [0.3, 0.4) is 0 Å². The second kappa shape index (κ2) is 18.5. The molecule has 384 valence electrons. The van der Waals surface area contributed by atoms with Crippen LogP contribution in [0.1, 0.15) is 99.8 Å². The molecule has 0 radical (unpaired) electrons. The van der Waals surface area contributed by atoms with Gasteiger partial charge in [0.25, 0.3) is 0 Å². The molecule has 8 aliphatic rings. The van der Waals surface area contributed by atoms with Crippen molar-refractivity contribution in [1.29, 1.82) is 0 Å². The Balaban J connectivity index is 0.972. The number of aliphatic hydroxyl groups is 12. The highest BCUT2D eigenvalue weighted by Crippen LogP contribution is 2.77. The van der Waals surface area contributed by atoms with Crippen LogP contribution in [0.5, 0.6) is 0 Å². The summed E-state index contributed by atoms with van der Waals surface area (Å²) in [6.07, 6.45) is -18.9. The van der Waals surface area contributed by atoms with Gasteiger partial charge in [0.2, 0.25) is 6.29 Å². The van der Waals surface area contributed by atoms with Gasteiger partial charge in [-0.3, -0.25) is 4.79 Å². The number of esters is 1. The van der Waals surface area contributed by atoms with E-state index in [9.17, 15) is 61.3 Å². The second-order valence-electron chi connectivity index (χ2n) is 22.9. The summed E-state index contributed by atoms with van der Waals surface area (Å²) in [6.45, 7) is 12.9. The molecule has 19 nitrogen and oxygen atoms in total. The van der Waals surface area contributed by atoms with Crippen molar-refractivity contribution in [2.75, 3.05) is 19.8 Å². The average molecular weight is 959 g/mol. The topological polar surface area (TPSA) is 315 Å². The summed E-state index contributed by atoms with van der Waals surface area (Å²) in [5, 5.41) is 130. The highest BCUT2D eigenvalue weighted by atomic mass is 16.8. The minimum absolute atomic E-state index is 0.00890. The predicted octanol–water partition coefficient (Wildman–Crippen LogP) is -1.03. The fourth-order valence-corrected chi connectivity index (χ4v) is 15.6. The van der Waals surface area contributed by atoms with Crippen LogP contribution in [0.4, 0.5) is 0 Å². The van der Waals surface area contributed by atoms with E-state index in [1.54, 1.807) is 0 Å². The largest absolute Gasteiger partial charge is 0.432 e. The summed E-state index contributed by atoms with van der Waals surface area (Å²) in [6, 6.07) is 0. The number of carbonyl (C=O) groups excluding carboxylic acids is 1. The van der Waals surface area contributed by atoms with E-state index >= 15 is 4.79 Å². The van der Waals surface area contributed by atoms with E-state index in [1.807, 2.05) is 6.92 Å². The number of hydrogen-bond donors (Lipinski definition) is 12. The standard InChI is InChI=1S/C48H78O19/c1-20-10-13-48(15-14-46(6)23(29(48)21(20)2)8-9-28-44(4)16-24(51)39(60)45(5,19-50)27(44)11-12-47(28,46)7)43(61)67-42-36(58)33(55)31(53)26(65-42)18-62-40-37(59)34(56)38(25(17-49)64-40)66-41-35(57)32(54)30(52)22(3)63-41/h10,21-42,49-60H,8-9,11-19H2,1-7H3/t21-,22?,23?,24+,25?,26?,27?,28?,29?,30?,31?,32?,33?,34?,35?,36?,37?,38?,39-,40?,41?,42?,44-,45-,46+,47+,48-/m0/s1. The molecule has 4 saturated carbocycles. The number of rotatable bonds is 9. The SMILES string of the molecule is CC1=CC[C@]2(C(=O)OC3OC(COC4OC(CO)C(OC5OC(C)C(O)C(O)C5O)C(O)C4O)C(O)C(O)C3O)CC[C@]3(C)C(CCC4[C@@]5(C)C[C@@H](O)[C@H](O)[C@@](C)(CO)C5CC[C@]43C)C2[C@H]1C. The van der Waals surface area contributed by atoms with Gasteiger partial charge in [0.15, 0.2) is 12.6 Å². The zero-order valence-electron chi connectivity index (χ0n) is 39.8. The summed E-state index contributed by atoms with van der Waals surface area (Å²) in [5.74, 6) is -0.496. The summed E-state index contributed by atoms with van der Waals surface area (Å²) >= 11 is 0. The molecule has 8 rings (SSSR count). The molecule has 0 spiro atoms. The van der Waals surface area contributed by atoms with E-state index in [-0.39, 0.29) is 52.4 Å². The molecule has 0 amide bonds. The van der Waals surface area contributed by atoms with Crippen LogP contribution in [0.25, 0.3) is 0 Å². The highest BCUT2D eigenvalue weighted by molar-refractivity contribution is 5.78. The smallest absolute Gasteiger partial charge is 0.315 e. The van der Waals surface area contributed by atoms with Crippen LogP contribution in [-0.2, 0) is 33.2 Å². The lowest BCUT2D eigenvalue weighted by molar-refractivity contribution is -0.361. The van der Waals surface area contributed by atoms with Gasteiger partial charge in [-0.05, 0) is 111 Å². The van der Waals surface area contributed by atoms with Crippen LogP contribution >= 0.6 is 0 Å². The van der Waals surface area contributed by atoms with Gasteiger partial charge in [0.05, 0.1) is 43.5 Å². The first-order chi connectivity index (χ1) is 31.4. The fourth-order valence-electron chi connectivity index (χ4n) is 15.6. The molecule has 12 N–H and O–H groups in total. The van der Waals surface area contributed by atoms with E-state index in [1.165, 1.54) is 12.5 Å². The Morgan fingerprint density at radius 2 is 1.34 bits per heavy atom. The number of fused-ring (bicyclic) bond motifs is 7. The monoisotopic (exact) mass is 959 g/mol. The van der Waals surface area contributed by atoms with Gasteiger partial charge in [0, 0.05) is 5.41 Å². The van der Waals surface area contributed by atoms with Gasteiger partial charge < -0.3 is 89.7 Å². The maximum Gasteiger partial charge on any atom is 0.315 e. The minimum Gasteiger partial charge on any atom is -0.432 e. The van der Waals surface area contributed by atoms with E-state index in [0.717, 1.165) is 25.7 Å². The molecule has 19 unspecified atom stereocenters. The van der Waals surface area contributed by atoms with Crippen molar-refractivity contribution in [3.63, 3.8) is 0 Å². The molecule has 19 heteroatoms. The van der Waals surface area contributed by atoms with Crippen molar-refractivity contribution in [3.05, 3.63) is 11.6 Å². The van der Waals surface area contributed by atoms with Crippen molar-refractivity contribution in [3.8, 4) is 0 Å². The van der Waals surface area contributed by atoms with E-state index in [4.69, 9.17) is 28.4 Å². The Hall–Kier alpha value is -1.47. The Kier molecular flexibility index (Phi) is 14.4. The number of allylic oxidation sites excluding steroid dienone is 2. The van der Waals surface area contributed by atoms with Crippen molar-refractivity contribution in [1.82, 2.24) is 0 Å². The first-order valence-corrected chi connectivity index (χ1v) is 24.5. The van der Waals surface area contributed by atoms with Gasteiger partial charge in [-0.2, -0.15) is 0 Å². The van der Waals surface area contributed by atoms with Crippen molar-refractivity contribution >= 4 is 5.97 Å². The lowest BCUT2D eigenvalue weighted by Gasteiger charge is -2.73. The normalized spacial score (nSPS) is 56.7. The Morgan fingerprint density at radius 1 is 0.701 bits per heavy atom. The predicted molar refractivity (Wildman–Crippen MR) is 231 cm³/mol. The minimum atomic E-state index is -1.86. The van der Waals surface area contributed by atoms with E-state index in [2.05, 4.69) is 40.7 Å². The van der Waals surface area contributed by atoms with Crippen LogP contribution in [-0.4, -0.2) is 191 Å². The first-order valence-electron chi connectivity index (χ1n) is 24.5. The zero-order valence-corrected chi connectivity index (χ0v) is 39.8. The van der Waals surface area contributed by atoms with Gasteiger partial charge in [0.1, 0.15) is 67.1 Å². The van der Waals surface area contributed by atoms with Crippen molar-refractivity contribution in [2.45, 2.75) is 204 Å². The van der Waals surface area contributed by atoms with Gasteiger partial charge in [-0.15, -0.1) is 0 Å². The van der Waals surface area contributed by atoms with Crippen LogP contribution < -0.4 is 0 Å². The molecule has 27 atom stereocenters. The quantitative estimate of drug-likeness (QED) is 0.0971. The molecule has 0 aromatic heterocycles. The maximum absolute atomic E-state index is 15.0. The summed E-state index contributed by atoms with van der Waals surface area (Å²) < 4.78 is 34.7. The molecule has 67 heavy (non-hydrogen) atoms. The summed E-state index contributed by atoms with van der Waals surface area (Å²) in [7, 11) is 0. The molecule has 7 fully saturated rings. The molecule has 5 aliphatic carbocycles. The van der Waals surface area contributed by atoms with Gasteiger partial charge in [-0.1, -0.05) is 46.3 Å². The van der Waals surface area contributed by atoms with Crippen LogP contribution in [0.15, 0.2) is 11.6 Å². The van der Waals surface area contributed by atoms with E-state index in [0.29, 0.717) is 25.7 Å². The number of carbonyl (C=O) groups is 1. The lowest BCUT2D eigenvalue weighted by Crippen LogP contribution is -2.70. The molecule has 0 bridgehead atoms. The van der Waals surface area contributed by atoms with Crippen LogP contribution in [0.2, 0.25) is 0 Å². The Bertz CT molecular complexity index is 1820. The lowest BCUT2D eigenvalue weighted by atomic mass is 9.31. The van der Waals surface area contributed by atoms with Gasteiger partial charge in [-0.25, -0.2) is 0 Å². The Morgan fingerprint density at radius 3 is 2.01 bits per heavy atom. The third-order valence-electron chi connectivity index (χ3n) is 19.9. The molecule has 3 saturated heterocycles. The number of aliphatic hydroxyl groups excluding tert-OH is 12. The number of hydrogen-bond acceptors (Lipinski definition) is 19. The molecular weight excluding hydrogens is 881 g/mol. The van der Waals surface area contributed by atoms with E-state index < -0.39 is 134 Å². The van der Waals surface area contributed by atoms with Crippen LogP contribution in [0, 0.1) is 56.7 Å². The second-order valence-corrected chi connectivity index (χ2v) is 22.9. The number of ether oxygens (including phenoxy) is 6. The maximum atomic E-state index is 15.0. The third-order valence-corrected chi connectivity index (χ3v) is 19.9. The first kappa shape index (κ1) is 51.9.